The number of carbonyl (C=O) groups is 2. The van der Waals surface area contributed by atoms with Crippen molar-refractivity contribution in [1.82, 2.24) is 0 Å². The lowest BCUT2D eigenvalue weighted by molar-refractivity contribution is -0.171. The van der Waals surface area contributed by atoms with Gasteiger partial charge < -0.3 is 19.7 Å². The molecule has 2 saturated heterocycles. The van der Waals surface area contributed by atoms with Crippen molar-refractivity contribution >= 4 is 11.9 Å². The summed E-state index contributed by atoms with van der Waals surface area (Å²) in [5.74, 6) is -0.315. The Morgan fingerprint density at radius 2 is 1.24 bits per heavy atom. The first-order valence-corrected chi connectivity index (χ1v) is 7.78. The maximum atomic E-state index is 10.6. The maximum Gasteiger partial charge on any atom is 0.309 e. The van der Waals surface area contributed by atoms with E-state index in [2.05, 4.69) is 0 Å². The highest BCUT2D eigenvalue weighted by Crippen LogP contribution is 2.22. The molecule has 0 aromatic rings. The Labute approximate surface area is 124 Å². The van der Waals surface area contributed by atoms with Crippen molar-refractivity contribution in [2.24, 2.45) is 0 Å². The van der Waals surface area contributed by atoms with Gasteiger partial charge in [-0.25, -0.2) is 0 Å². The highest BCUT2D eigenvalue weighted by atomic mass is 16.6. The number of hydrogen-bond acceptors (Lipinski definition) is 6. The van der Waals surface area contributed by atoms with Gasteiger partial charge in [-0.1, -0.05) is 0 Å². The summed E-state index contributed by atoms with van der Waals surface area (Å²) in [6.45, 7) is 0. The molecule has 4 unspecified atom stereocenters. The highest BCUT2D eigenvalue weighted by Gasteiger charge is 2.29. The minimum atomic E-state index is -0.399. The molecule has 0 aliphatic carbocycles. The number of hydrogen-bond donors (Lipinski definition) is 2. The first-order chi connectivity index (χ1) is 10.0. The molecule has 0 radical (unpaired) electrons. The van der Waals surface area contributed by atoms with Crippen molar-refractivity contribution in [2.45, 2.75) is 82.2 Å². The molecule has 0 saturated carbocycles. The van der Waals surface area contributed by atoms with Crippen LogP contribution in [0.15, 0.2) is 0 Å². The quantitative estimate of drug-likeness (QED) is 0.586. The van der Waals surface area contributed by atoms with E-state index in [1.807, 2.05) is 0 Å². The minimum absolute atomic E-state index is 0.0112. The van der Waals surface area contributed by atoms with E-state index in [-0.39, 0.29) is 24.1 Å². The molecular weight excluding hydrogens is 276 g/mol. The molecule has 6 nitrogen and oxygen atoms in total. The third-order valence-electron chi connectivity index (χ3n) is 4.10. The number of esters is 2. The van der Waals surface area contributed by atoms with E-state index in [1.54, 1.807) is 0 Å². The Morgan fingerprint density at radius 1 is 0.857 bits per heavy atom. The van der Waals surface area contributed by atoms with Gasteiger partial charge in [-0.3, -0.25) is 9.59 Å². The topological polar surface area (TPSA) is 93.1 Å². The van der Waals surface area contributed by atoms with Crippen molar-refractivity contribution in [1.29, 1.82) is 0 Å². The molecule has 6 heteroatoms. The third-order valence-corrected chi connectivity index (χ3v) is 4.10. The van der Waals surface area contributed by atoms with Gasteiger partial charge >= 0.3 is 11.9 Å². The molecule has 2 N–H and O–H groups in total. The summed E-state index contributed by atoms with van der Waals surface area (Å²) in [5, 5.41) is 19.6. The van der Waals surface area contributed by atoms with E-state index in [1.165, 1.54) is 0 Å². The highest BCUT2D eigenvalue weighted by molar-refractivity contribution is 5.75. The van der Waals surface area contributed by atoms with E-state index in [9.17, 15) is 19.8 Å². The Morgan fingerprint density at radius 3 is 1.57 bits per heavy atom. The Bertz CT molecular complexity index is 319. The molecule has 0 spiro atoms. The molecule has 4 atom stereocenters. The van der Waals surface area contributed by atoms with Crippen LogP contribution in [0.1, 0.15) is 57.8 Å². The standard InChI is InChI=1S/C15H24O6/c16-10(4-6-12-8-14(18)20-12)2-1-3-11(17)5-7-13-9-15(19)21-13/h10-13,16-17H,1-9H2. The van der Waals surface area contributed by atoms with Gasteiger partial charge in [0.15, 0.2) is 0 Å². The number of aliphatic hydroxyl groups excluding tert-OH is 2. The van der Waals surface area contributed by atoms with Crippen molar-refractivity contribution in [3.05, 3.63) is 0 Å². The molecule has 0 aromatic carbocycles. The molecule has 2 aliphatic rings. The van der Waals surface area contributed by atoms with E-state index in [0.29, 0.717) is 51.4 Å². The summed E-state index contributed by atoms with van der Waals surface area (Å²) in [5.41, 5.74) is 0. The van der Waals surface area contributed by atoms with E-state index in [0.717, 1.165) is 6.42 Å². The van der Waals surface area contributed by atoms with Crippen molar-refractivity contribution in [3.8, 4) is 0 Å². The van der Waals surface area contributed by atoms with Gasteiger partial charge in [0.25, 0.3) is 0 Å². The molecule has 120 valence electrons. The molecule has 0 aromatic heterocycles. The van der Waals surface area contributed by atoms with Crippen LogP contribution in [0.2, 0.25) is 0 Å². The zero-order valence-corrected chi connectivity index (χ0v) is 12.2. The molecule has 0 amide bonds. The van der Waals surface area contributed by atoms with Crippen molar-refractivity contribution in [2.75, 3.05) is 0 Å². The van der Waals surface area contributed by atoms with Gasteiger partial charge in [0, 0.05) is 0 Å². The smallest absolute Gasteiger partial charge is 0.309 e. The minimum Gasteiger partial charge on any atom is -0.462 e. The summed E-state index contributed by atoms with van der Waals surface area (Å²) in [4.78, 5) is 21.2. The van der Waals surface area contributed by atoms with Gasteiger partial charge in [0.05, 0.1) is 25.0 Å². The van der Waals surface area contributed by atoms with E-state index in [4.69, 9.17) is 9.47 Å². The average molecular weight is 300 g/mol. The van der Waals surface area contributed by atoms with Crippen LogP contribution in [0.4, 0.5) is 0 Å². The monoisotopic (exact) mass is 300 g/mol. The largest absolute Gasteiger partial charge is 0.462 e. The maximum absolute atomic E-state index is 10.6. The van der Waals surface area contributed by atoms with E-state index < -0.39 is 12.2 Å². The lowest BCUT2D eigenvalue weighted by Gasteiger charge is -2.26. The van der Waals surface area contributed by atoms with Gasteiger partial charge in [-0.15, -0.1) is 0 Å². The zero-order chi connectivity index (χ0) is 15.2. The normalized spacial score (nSPS) is 27.1. The van der Waals surface area contributed by atoms with Crippen LogP contribution < -0.4 is 0 Å². The first-order valence-electron chi connectivity index (χ1n) is 7.78. The van der Waals surface area contributed by atoms with Crippen LogP contribution in [0.5, 0.6) is 0 Å². The lowest BCUT2D eigenvalue weighted by Crippen LogP contribution is -2.33. The van der Waals surface area contributed by atoms with Crippen molar-refractivity contribution < 1.29 is 29.3 Å². The second-order valence-corrected chi connectivity index (χ2v) is 6.03. The summed E-state index contributed by atoms with van der Waals surface area (Å²) < 4.78 is 9.77. The van der Waals surface area contributed by atoms with E-state index >= 15 is 0 Å². The van der Waals surface area contributed by atoms with Crippen LogP contribution in [0.25, 0.3) is 0 Å². The lowest BCUT2D eigenvalue weighted by atomic mass is 9.98. The number of cyclic esters (lactones) is 2. The average Bonchev–Trinajstić information content (AvgIpc) is 2.37. The predicted molar refractivity (Wildman–Crippen MR) is 73.3 cm³/mol. The summed E-state index contributed by atoms with van der Waals surface area (Å²) >= 11 is 0. The summed E-state index contributed by atoms with van der Waals surface area (Å²) in [7, 11) is 0. The van der Waals surface area contributed by atoms with Gasteiger partial charge in [0.1, 0.15) is 12.2 Å². The van der Waals surface area contributed by atoms with Gasteiger partial charge in [0.2, 0.25) is 0 Å². The van der Waals surface area contributed by atoms with Crippen LogP contribution >= 0.6 is 0 Å². The predicted octanol–water partition coefficient (Wildman–Crippen LogP) is 1.07. The molecule has 0 bridgehead atoms. The molecule has 2 fully saturated rings. The Balaban J connectivity index is 1.42. The number of carbonyl (C=O) groups excluding carboxylic acids is 2. The SMILES string of the molecule is O=C1CC(CCC(O)CCCC(O)CCC2CC(=O)O2)O1. The second kappa shape index (κ2) is 7.75. The van der Waals surface area contributed by atoms with Crippen LogP contribution in [0.3, 0.4) is 0 Å². The van der Waals surface area contributed by atoms with Gasteiger partial charge in [-0.2, -0.15) is 0 Å². The molecule has 2 heterocycles. The van der Waals surface area contributed by atoms with Crippen LogP contribution in [0, 0.1) is 0 Å². The van der Waals surface area contributed by atoms with Crippen LogP contribution in [-0.4, -0.2) is 46.6 Å². The first kappa shape index (κ1) is 16.2. The fourth-order valence-corrected chi connectivity index (χ4v) is 2.68. The third kappa shape index (κ3) is 5.63. The fourth-order valence-electron chi connectivity index (χ4n) is 2.68. The fraction of sp³-hybridized carbons (Fsp3) is 0.867. The zero-order valence-electron chi connectivity index (χ0n) is 12.2. The number of aliphatic hydroxyl groups is 2. The molecule has 2 rings (SSSR count). The molecular formula is C15H24O6. The Hall–Kier alpha value is -1.14. The second-order valence-electron chi connectivity index (χ2n) is 6.03. The molecule has 2 aliphatic heterocycles. The number of ether oxygens (including phenoxy) is 2. The summed E-state index contributed by atoms with van der Waals surface area (Å²) in [6.07, 6.45) is 4.86. The van der Waals surface area contributed by atoms with Gasteiger partial charge in [-0.05, 0) is 44.9 Å². The summed E-state index contributed by atoms with van der Waals surface area (Å²) in [6, 6.07) is 0. The Kier molecular flexibility index (Phi) is 5.99. The van der Waals surface area contributed by atoms with Crippen LogP contribution in [-0.2, 0) is 19.1 Å². The van der Waals surface area contributed by atoms with Crippen molar-refractivity contribution in [3.63, 3.8) is 0 Å². The number of rotatable bonds is 10. The molecule has 21 heavy (non-hydrogen) atoms.